The Morgan fingerprint density at radius 2 is 2.12 bits per heavy atom. The molecule has 0 spiro atoms. The van der Waals surface area contributed by atoms with Gasteiger partial charge in [-0.05, 0) is 18.2 Å². The smallest absolute Gasteiger partial charge is 0.224 e. The van der Waals surface area contributed by atoms with Gasteiger partial charge in [0.1, 0.15) is 12.7 Å². The fourth-order valence-corrected chi connectivity index (χ4v) is 1.58. The minimum Gasteiger partial charge on any atom is -0.326 e. The van der Waals surface area contributed by atoms with Crippen molar-refractivity contribution >= 4 is 23.2 Å². The maximum absolute atomic E-state index is 11.3. The zero-order chi connectivity index (χ0) is 12.3. The van der Waals surface area contributed by atoms with Crippen LogP contribution in [0, 0.1) is 0 Å². The minimum absolute atomic E-state index is 0.0398. The second-order valence-corrected chi connectivity index (χ2v) is 3.84. The summed E-state index contributed by atoms with van der Waals surface area (Å²) >= 11 is 6.07. The number of hydrogen-bond acceptors (Lipinski definition) is 3. The molecule has 0 fully saturated rings. The largest absolute Gasteiger partial charge is 0.326 e. The Morgan fingerprint density at radius 3 is 2.76 bits per heavy atom. The van der Waals surface area contributed by atoms with E-state index in [9.17, 15) is 4.79 Å². The number of benzene rings is 1. The van der Waals surface area contributed by atoms with Gasteiger partial charge in [-0.15, -0.1) is 10.2 Å². The molecule has 17 heavy (non-hydrogen) atoms. The summed E-state index contributed by atoms with van der Waals surface area (Å²) < 4.78 is 1.68. The molecule has 0 atom stereocenters. The highest BCUT2D eigenvalue weighted by Crippen LogP contribution is 2.23. The molecule has 0 radical (unpaired) electrons. The maximum atomic E-state index is 11.3. The molecule has 1 aromatic heterocycles. The first kappa shape index (κ1) is 11.6. The van der Waals surface area contributed by atoms with Gasteiger partial charge in [0, 0.05) is 12.1 Å². The monoisotopic (exact) mass is 250 g/mol. The Balaban J connectivity index is 2.33. The Bertz CT molecular complexity index is 524. The van der Waals surface area contributed by atoms with Crippen LogP contribution in [-0.4, -0.2) is 20.7 Å². The molecule has 0 unspecified atom stereocenters. The van der Waals surface area contributed by atoms with Crippen LogP contribution in [-0.2, 0) is 4.79 Å². The van der Waals surface area contributed by atoms with Crippen molar-refractivity contribution in [2.45, 2.75) is 13.3 Å². The fourth-order valence-electron chi connectivity index (χ4n) is 1.36. The molecule has 0 saturated carbocycles. The van der Waals surface area contributed by atoms with Gasteiger partial charge in [-0.1, -0.05) is 18.5 Å². The lowest BCUT2D eigenvalue weighted by molar-refractivity contribution is -0.115. The number of aromatic nitrogens is 3. The molecule has 0 saturated heterocycles. The van der Waals surface area contributed by atoms with Crippen molar-refractivity contribution < 1.29 is 4.79 Å². The fraction of sp³-hybridized carbons (Fsp3) is 0.182. The average Bonchev–Trinajstić information content (AvgIpc) is 2.85. The van der Waals surface area contributed by atoms with Crippen molar-refractivity contribution in [3.05, 3.63) is 35.9 Å². The number of rotatable bonds is 3. The molecule has 0 bridgehead atoms. The first-order valence-corrected chi connectivity index (χ1v) is 5.53. The molecular formula is C11H11ClN4O. The van der Waals surface area contributed by atoms with Crippen molar-refractivity contribution in [3.63, 3.8) is 0 Å². The molecule has 0 aliphatic heterocycles. The van der Waals surface area contributed by atoms with Crippen LogP contribution in [0.25, 0.3) is 5.69 Å². The van der Waals surface area contributed by atoms with Crippen LogP contribution in [0.3, 0.4) is 0 Å². The number of hydrogen-bond donors (Lipinski definition) is 1. The highest BCUT2D eigenvalue weighted by atomic mass is 35.5. The van der Waals surface area contributed by atoms with Crippen LogP contribution < -0.4 is 5.32 Å². The number of amides is 1. The highest BCUT2D eigenvalue weighted by Gasteiger charge is 2.06. The summed E-state index contributed by atoms with van der Waals surface area (Å²) in [6.45, 7) is 1.80. The van der Waals surface area contributed by atoms with E-state index in [-0.39, 0.29) is 5.91 Å². The topological polar surface area (TPSA) is 59.8 Å². The average molecular weight is 251 g/mol. The van der Waals surface area contributed by atoms with Crippen LogP contribution >= 0.6 is 11.6 Å². The predicted octanol–water partition coefficient (Wildman–Crippen LogP) is 2.27. The van der Waals surface area contributed by atoms with Crippen molar-refractivity contribution in [1.82, 2.24) is 14.8 Å². The number of carbonyl (C=O) groups is 1. The van der Waals surface area contributed by atoms with Gasteiger partial charge < -0.3 is 5.32 Å². The third-order valence-corrected chi connectivity index (χ3v) is 2.57. The van der Waals surface area contributed by atoms with E-state index in [1.165, 1.54) is 0 Å². The Labute approximate surface area is 103 Å². The summed E-state index contributed by atoms with van der Waals surface area (Å²) in [5, 5.41) is 10.8. The van der Waals surface area contributed by atoms with E-state index < -0.39 is 0 Å². The van der Waals surface area contributed by atoms with E-state index in [1.54, 1.807) is 42.3 Å². The zero-order valence-corrected chi connectivity index (χ0v) is 9.98. The van der Waals surface area contributed by atoms with Gasteiger partial charge in [0.25, 0.3) is 0 Å². The number of nitrogens with zero attached hydrogens (tertiary/aromatic N) is 3. The van der Waals surface area contributed by atoms with Crippen LogP contribution in [0.1, 0.15) is 13.3 Å². The van der Waals surface area contributed by atoms with Gasteiger partial charge in [0.05, 0.1) is 10.7 Å². The standard InChI is InChI=1S/C11H11ClN4O/c1-2-11(17)15-8-3-4-9(12)10(5-8)16-6-13-14-7-16/h3-7H,2H2,1H3,(H,15,17). The van der Waals surface area contributed by atoms with E-state index in [0.29, 0.717) is 17.1 Å². The normalized spacial score (nSPS) is 10.2. The minimum atomic E-state index is -0.0398. The number of anilines is 1. The molecular weight excluding hydrogens is 240 g/mol. The molecule has 1 N–H and O–H groups in total. The summed E-state index contributed by atoms with van der Waals surface area (Å²) in [5.74, 6) is -0.0398. The van der Waals surface area contributed by atoms with Gasteiger partial charge in [0.2, 0.25) is 5.91 Å². The second-order valence-electron chi connectivity index (χ2n) is 3.44. The molecule has 0 aliphatic rings. The first-order valence-electron chi connectivity index (χ1n) is 5.15. The SMILES string of the molecule is CCC(=O)Nc1ccc(Cl)c(-n2cnnc2)c1. The van der Waals surface area contributed by atoms with E-state index in [4.69, 9.17) is 11.6 Å². The number of carbonyl (C=O) groups excluding carboxylic acids is 1. The van der Waals surface area contributed by atoms with Crippen molar-refractivity contribution in [2.75, 3.05) is 5.32 Å². The molecule has 1 amide bonds. The van der Waals surface area contributed by atoms with Crippen LogP contribution in [0.4, 0.5) is 5.69 Å². The number of halogens is 1. The Hall–Kier alpha value is -1.88. The lowest BCUT2D eigenvalue weighted by Crippen LogP contribution is -2.09. The Kier molecular flexibility index (Phi) is 3.39. The van der Waals surface area contributed by atoms with E-state index in [1.807, 2.05) is 0 Å². The zero-order valence-electron chi connectivity index (χ0n) is 9.22. The molecule has 2 rings (SSSR count). The van der Waals surface area contributed by atoms with Crippen LogP contribution in [0.5, 0.6) is 0 Å². The molecule has 0 aliphatic carbocycles. The number of nitrogens with one attached hydrogen (secondary N) is 1. The third-order valence-electron chi connectivity index (χ3n) is 2.25. The maximum Gasteiger partial charge on any atom is 0.224 e. The summed E-state index contributed by atoms with van der Waals surface area (Å²) in [6, 6.07) is 5.26. The molecule has 5 nitrogen and oxygen atoms in total. The van der Waals surface area contributed by atoms with Gasteiger partial charge >= 0.3 is 0 Å². The third kappa shape index (κ3) is 2.62. The van der Waals surface area contributed by atoms with E-state index >= 15 is 0 Å². The van der Waals surface area contributed by atoms with E-state index in [2.05, 4.69) is 15.5 Å². The summed E-state index contributed by atoms with van der Waals surface area (Å²) in [5.41, 5.74) is 1.43. The van der Waals surface area contributed by atoms with Crippen LogP contribution in [0.15, 0.2) is 30.9 Å². The lowest BCUT2D eigenvalue weighted by atomic mass is 10.2. The van der Waals surface area contributed by atoms with Gasteiger partial charge in [-0.2, -0.15) is 0 Å². The van der Waals surface area contributed by atoms with Crippen molar-refractivity contribution in [1.29, 1.82) is 0 Å². The molecule has 6 heteroatoms. The predicted molar refractivity (Wildman–Crippen MR) is 65.3 cm³/mol. The van der Waals surface area contributed by atoms with Gasteiger partial charge in [0.15, 0.2) is 0 Å². The van der Waals surface area contributed by atoms with E-state index in [0.717, 1.165) is 5.69 Å². The first-order chi connectivity index (χ1) is 8.20. The summed E-state index contributed by atoms with van der Waals surface area (Å²) in [4.78, 5) is 11.3. The lowest BCUT2D eigenvalue weighted by Gasteiger charge is -2.08. The van der Waals surface area contributed by atoms with Gasteiger partial charge in [-0.3, -0.25) is 9.36 Å². The summed E-state index contributed by atoms with van der Waals surface area (Å²) in [6.07, 6.45) is 3.53. The highest BCUT2D eigenvalue weighted by molar-refractivity contribution is 6.32. The molecule has 1 heterocycles. The van der Waals surface area contributed by atoms with Crippen molar-refractivity contribution in [3.8, 4) is 5.69 Å². The van der Waals surface area contributed by atoms with Crippen LogP contribution in [0.2, 0.25) is 5.02 Å². The molecule has 2 aromatic rings. The molecule has 1 aromatic carbocycles. The van der Waals surface area contributed by atoms with Gasteiger partial charge in [-0.25, -0.2) is 0 Å². The second kappa shape index (κ2) is 4.97. The molecule has 88 valence electrons. The van der Waals surface area contributed by atoms with Crippen molar-refractivity contribution in [2.24, 2.45) is 0 Å². The quantitative estimate of drug-likeness (QED) is 0.909. The Morgan fingerprint density at radius 1 is 1.41 bits per heavy atom. The summed E-state index contributed by atoms with van der Waals surface area (Å²) in [7, 11) is 0.